The first kappa shape index (κ1) is 16.0. The number of aryl methyl sites for hydroxylation is 1. The van der Waals surface area contributed by atoms with Gasteiger partial charge < -0.3 is 9.64 Å². The molecule has 3 rings (SSSR count). The van der Waals surface area contributed by atoms with Crippen molar-refractivity contribution in [2.24, 2.45) is 5.92 Å². The topological polar surface area (TPSA) is 68.2 Å². The molecule has 1 unspecified atom stereocenters. The zero-order valence-corrected chi connectivity index (χ0v) is 14.0. The second-order valence-electron chi connectivity index (χ2n) is 5.72. The monoisotopic (exact) mass is 332 g/mol. The molecule has 1 atom stereocenters. The highest BCUT2D eigenvalue weighted by atomic mass is 32.1. The Hall–Kier alpha value is -1.86. The third-order valence-corrected chi connectivity index (χ3v) is 4.63. The molecule has 6 nitrogen and oxygen atoms in total. The van der Waals surface area contributed by atoms with Crippen LogP contribution < -0.4 is 0 Å². The number of amides is 1. The number of aromatic nitrogens is 3. The fourth-order valence-electron chi connectivity index (χ4n) is 2.72. The van der Waals surface area contributed by atoms with Gasteiger partial charge in [0.25, 0.3) is 0 Å². The van der Waals surface area contributed by atoms with Gasteiger partial charge in [0.15, 0.2) is 0 Å². The molecule has 2 aromatic rings. The second kappa shape index (κ2) is 7.61. The molecule has 0 bridgehead atoms. The van der Waals surface area contributed by atoms with Gasteiger partial charge in [-0.1, -0.05) is 0 Å². The zero-order chi connectivity index (χ0) is 16.1. The van der Waals surface area contributed by atoms with Crippen LogP contribution in [-0.2, 0) is 22.4 Å². The second-order valence-corrected chi connectivity index (χ2v) is 6.78. The lowest BCUT2D eigenvalue weighted by atomic mass is 10.0. The Morgan fingerprint density at radius 1 is 1.43 bits per heavy atom. The molecule has 1 aliphatic rings. The molecule has 1 aliphatic heterocycles. The maximum atomic E-state index is 12.5. The number of carbonyl (C=O) groups excluding carboxylic acids is 1. The van der Waals surface area contributed by atoms with E-state index in [-0.39, 0.29) is 11.8 Å². The molecule has 1 fully saturated rings. The molecular formula is C16H20N4O2S. The summed E-state index contributed by atoms with van der Waals surface area (Å²) in [6.45, 7) is 4.52. The van der Waals surface area contributed by atoms with Gasteiger partial charge in [-0.05, 0) is 13.3 Å². The Balaban J connectivity index is 1.61. The van der Waals surface area contributed by atoms with E-state index in [1.54, 1.807) is 29.9 Å². The van der Waals surface area contributed by atoms with Crippen molar-refractivity contribution in [3.05, 3.63) is 40.4 Å². The number of hydrogen-bond donors (Lipinski definition) is 0. The van der Waals surface area contributed by atoms with Crippen molar-refractivity contribution in [2.45, 2.75) is 19.8 Å². The fourth-order valence-corrected chi connectivity index (χ4v) is 3.33. The summed E-state index contributed by atoms with van der Waals surface area (Å²) < 4.78 is 5.66. The minimum absolute atomic E-state index is 0.116. The SMILES string of the molecule is Cc1nc(CC(=O)N2CCOCC(Cc3cnccn3)C2)cs1. The van der Waals surface area contributed by atoms with Gasteiger partial charge in [0.05, 0.1) is 36.0 Å². The normalized spacial score (nSPS) is 18.7. The van der Waals surface area contributed by atoms with Gasteiger partial charge in [0.2, 0.25) is 5.91 Å². The predicted octanol–water partition coefficient (Wildman–Crippen LogP) is 1.50. The van der Waals surface area contributed by atoms with Crippen molar-refractivity contribution in [3.8, 4) is 0 Å². The van der Waals surface area contributed by atoms with Crippen LogP contribution in [0, 0.1) is 12.8 Å². The molecule has 23 heavy (non-hydrogen) atoms. The van der Waals surface area contributed by atoms with Gasteiger partial charge in [0, 0.05) is 43.0 Å². The summed E-state index contributed by atoms with van der Waals surface area (Å²) in [6, 6.07) is 0. The Bertz CT molecular complexity index is 647. The minimum atomic E-state index is 0.116. The van der Waals surface area contributed by atoms with Crippen molar-refractivity contribution in [1.29, 1.82) is 0 Å². The highest BCUT2D eigenvalue weighted by Gasteiger charge is 2.23. The van der Waals surface area contributed by atoms with Gasteiger partial charge in [-0.25, -0.2) is 4.98 Å². The van der Waals surface area contributed by atoms with E-state index in [9.17, 15) is 4.79 Å². The Morgan fingerprint density at radius 2 is 2.35 bits per heavy atom. The van der Waals surface area contributed by atoms with Crippen LogP contribution in [0.3, 0.4) is 0 Å². The van der Waals surface area contributed by atoms with E-state index in [0.717, 1.165) is 22.8 Å². The van der Waals surface area contributed by atoms with E-state index in [4.69, 9.17) is 4.74 Å². The number of hydrogen-bond acceptors (Lipinski definition) is 6. The van der Waals surface area contributed by atoms with Crippen LogP contribution in [0.5, 0.6) is 0 Å². The van der Waals surface area contributed by atoms with Crippen LogP contribution >= 0.6 is 11.3 Å². The van der Waals surface area contributed by atoms with E-state index >= 15 is 0 Å². The van der Waals surface area contributed by atoms with Crippen LogP contribution in [0.15, 0.2) is 24.0 Å². The largest absolute Gasteiger partial charge is 0.379 e. The molecule has 1 saturated heterocycles. The predicted molar refractivity (Wildman–Crippen MR) is 87.2 cm³/mol. The highest BCUT2D eigenvalue weighted by molar-refractivity contribution is 7.09. The molecule has 0 saturated carbocycles. The lowest BCUT2D eigenvalue weighted by molar-refractivity contribution is -0.130. The smallest absolute Gasteiger partial charge is 0.228 e. The number of nitrogens with zero attached hydrogens (tertiary/aromatic N) is 4. The summed E-state index contributed by atoms with van der Waals surface area (Å²) in [7, 11) is 0. The van der Waals surface area contributed by atoms with Gasteiger partial charge in [-0.3, -0.25) is 14.8 Å². The molecule has 122 valence electrons. The minimum Gasteiger partial charge on any atom is -0.379 e. The maximum Gasteiger partial charge on any atom is 0.228 e. The van der Waals surface area contributed by atoms with Gasteiger partial charge >= 0.3 is 0 Å². The molecular weight excluding hydrogens is 312 g/mol. The number of carbonyl (C=O) groups is 1. The standard InChI is InChI=1S/C16H20N4O2S/c1-12-19-15(11-23-12)7-16(21)20-4-5-22-10-13(9-20)6-14-8-17-2-3-18-14/h2-3,8,11,13H,4-7,9-10H2,1H3. The summed E-state index contributed by atoms with van der Waals surface area (Å²) >= 11 is 1.58. The van der Waals surface area contributed by atoms with Gasteiger partial charge in [-0.15, -0.1) is 11.3 Å². The quantitative estimate of drug-likeness (QED) is 0.849. The van der Waals surface area contributed by atoms with E-state index in [0.29, 0.717) is 32.7 Å². The lowest BCUT2D eigenvalue weighted by Crippen LogP contribution is -2.37. The molecule has 0 spiro atoms. The fraction of sp³-hybridized carbons (Fsp3) is 0.500. The molecule has 1 amide bonds. The van der Waals surface area contributed by atoms with Crippen LogP contribution in [0.2, 0.25) is 0 Å². The molecule has 0 aliphatic carbocycles. The van der Waals surface area contributed by atoms with E-state index in [2.05, 4.69) is 15.0 Å². The van der Waals surface area contributed by atoms with Gasteiger partial charge in [-0.2, -0.15) is 0 Å². The summed E-state index contributed by atoms with van der Waals surface area (Å²) in [5.74, 6) is 0.361. The first-order chi connectivity index (χ1) is 11.2. The van der Waals surface area contributed by atoms with Crippen LogP contribution in [0.25, 0.3) is 0 Å². The van der Waals surface area contributed by atoms with Gasteiger partial charge in [0.1, 0.15) is 0 Å². The summed E-state index contributed by atoms with van der Waals surface area (Å²) in [5, 5.41) is 2.95. The van der Waals surface area contributed by atoms with Crippen LogP contribution in [0.4, 0.5) is 0 Å². The van der Waals surface area contributed by atoms with Crippen molar-refractivity contribution in [1.82, 2.24) is 19.9 Å². The maximum absolute atomic E-state index is 12.5. The molecule has 3 heterocycles. The Kier molecular flexibility index (Phi) is 5.30. The Labute approximate surface area is 139 Å². The summed E-state index contributed by atoms with van der Waals surface area (Å²) in [6.07, 6.45) is 6.27. The zero-order valence-electron chi connectivity index (χ0n) is 13.1. The molecule has 0 radical (unpaired) electrons. The molecule has 7 heteroatoms. The number of thiazole rings is 1. The Morgan fingerprint density at radius 3 is 3.09 bits per heavy atom. The third-order valence-electron chi connectivity index (χ3n) is 3.80. The number of ether oxygens (including phenoxy) is 1. The molecule has 0 N–H and O–H groups in total. The summed E-state index contributed by atoms with van der Waals surface area (Å²) in [5.41, 5.74) is 1.79. The van der Waals surface area contributed by atoms with Crippen LogP contribution in [0.1, 0.15) is 16.4 Å². The van der Waals surface area contributed by atoms with Crippen molar-refractivity contribution in [3.63, 3.8) is 0 Å². The molecule has 2 aromatic heterocycles. The van der Waals surface area contributed by atoms with E-state index in [1.807, 2.05) is 17.2 Å². The van der Waals surface area contributed by atoms with Crippen LogP contribution in [-0.4, -0.2) is 52.1 Å². The van der Waals surface area contributed by atoms with E-state index in [1.165, 1.54) is 0 Å². The molecule has 0 aromatic carbocycles. The average Bonchev–Trinajstić information content (AvgIpc) is 2.82. The first-order valence-electron chi connectivity index (χ1n) is 7.72. The lowest BCUT2D eigenvalue weighted by Gasteiger charge is -2.23. The third kappa shape index (κ3) is 4.56. The van der Waals surface area contributed by atoms with Crippen molar-refractivity contribution < 1.29 is 9.53 Å². The van der Waals surface area contributed by atoms with Crippen molar-refractivity contribution in [2.75, 3.05) is 26.3 Å². The first-order valence-corrected chi connectivity index (χ1v) is 8.60. The van der Waals surface area contributed by atoms with E-state index < -0.39 is 0 Å². The number of rotatable bonds is 4. The average molecular weight is 332 g/mol. The van der Waals surface area contributed by atoms with Crippen molar-refractivity contribution >= 4 is 17.2 Å². The summed E-state index contributed by atoms with van der Waals surface area (Å²) in [4.78, 5) is 27.2. The highest BCUT2D eigenvalue weighted by Crippen LogP contribution is 2.14.